The first-order valence-corrected chi connectivity index (χ1v) is 18.7. The maximum absolute atomic E-state index is 14.2. The lowest BCUT2D eigenvalue weighted by Crippen LogP contribution is -3.00. The number of carbonyl (C=O) groups excluding carboxylic acids is 1. The number of amides is 1. The number of hydrogen-bond acceptors (Lipinski definition) is 6. The Kier molecular flexibility index (Phi) is 13.9. The molecule has 9 nitrogen and oxygen atoms in total. The highest BCUT2D eigenvalue weighted by Crippen LogP contribution is 2.30. The number of nitrogens with zero attached hydrogens (tertiary/aromatic N) is 4. The quantitative estimate of drug-likeness (QED) is 0.118. The van der Waals surface area contributed by atoms with E-state index in [1.165, 1.54) is 87.1 Å². The van der Waals surface area contributed by atoms with E-state index in [4.69, 9.17) is 14.2 Å². The van der Waals surface area contributed by atoms with Crippen LogP contribution < -0.4 is 41.5 Å². The Balaban J connectivity index is 0.00000541. The zero-order chi connectivity index (χ0) is 36.7. The van der Waals surface area contributed by atoms with Crippen LogP contribution in [0.4, 0.5) is 14.5 Å². The fourth-order valence-corrected chi connectivity index (χ4v) is 7.62. The van der Waals surface area contributed by atoms with Gasteiger partial charge in [-0.25, -0.2) is 8.78 Å². The molecule has 3 aliphatic rings. The van der Waals surface area contributed by atoms with Gasteiger partial charge >= 0.3 is 0 Å². The van der Waals surface area contributed by atoms with Crippen LogP contribution in [-0.2, 0) is 0 Å². The first kappa shape index (κ1) is 40.2. The number of aromatic nitrogens is 1. The third-order valence-corrected chi connectivity index (χ3v) is 10.6. The smallest absolute Gasteiger partial charge is 0.263 e. The Morgan fingerprint density at radius 1 is 0.811 bits per heavy atom. The van der Waals surface area contributed by atoms with Gasteiger partial charge in [0.1, 0.15) is 34.4 Å². The number of fused-ring (bicyclic) bond motifs is 4. The average Bonchev–Trinajstić information content (AvgIpc) is 3.15. The van der Waals surface area contributed by atoms with E-state index in [2.05, 4.69) is 4.90 Å². The zero-order valence-electron chi connectivity index (χ0n) is 31.1. The van der Waals surface area contributed by atoms with Crippen LogP contribution in [0.1, 0.15) is 62.7 Å². The number of quaternary nitrogens is 1. The molecular weight excluding hydrogens is 746 g/mol. The van der Waals surface area contributed by atoms with Gasteiger partial charge in [0.05, 0.1) is 57.7 Å². The summed E-state index contributed by atoms with van der Waals surface area (Å²) in [5.74, 6) is -0.644. The Morgan fingerprint density at radius 2 is 1.47 bits per heavy atom. The van der Waals surface area contributed by atoms with Crippen molar-refractivity contribution < 1.29 is 49.3 Å². The summed E-state index contributed by atoms with van der Waals surface area (Å²) < 4.78 is 48.9. The van der Waals surface area contributed by atoms with Crippen molar-refractivity contribution in [2.24, 2.45) is 0 Å². The first-order chi connectivity index (χ1) is 25.2. The van der Waals surface area contributed by atoms with E-state index >= 15 is 0 Å². The second-order valence-corrected chi connectivity index (χ2v) is 13.9. The summed E-state index contributed by atoms with van der Waals surface area (Å²) in [4.78, 5) is 31.7. The van der Waals surface area contributed by atoms with Crippen molar-refractivity contribution in [2.45, 2.75) is 52.4 Å². The molecule has 7 rings (SSSR count). The number of halogens is 3. The van der Waals surface area contributed by atoms with Gasteiger partial charge in [0.15, 0.2) is 0 Å². The second-order valence-electron chi connectivity index (χ2n) is 13.9. The molecule has 12 heteroatoms. The lowest BCUT2D eigenvalue weighted by molar-refractivity contribution is -0.941. The van der Waals surface area contributed by atoms with Crippen LogP contribution in [0.3, 0.4) is 0 Å². The highest BCUT2D eigenvalue weighted by Gasteiger charge is 2.37. The number of hydrogen-bond donors (Lipinski definition) is 0. The van der Waals surface area contributed by atoms with Gasteiger partial charge in [0, 0.05) is 73.8 Å². The summed E-state index contributed by atoms with van der Waals surface area (Å²) >= 11 is 0. The topological polar surface area (TPSA) is 73.2 Å². The highest BCUT2D eigenvalue weighted by atomic mass is 79.9. The van der Waals surface area contributed by atoms with Crippen LogP contribution >= 0.6 is 0 Å². The van der Waals surface area contributed by atoms with Gasteiger partial charge in [0.25, 0.3) is 5.91 Å². The Hall–Kier alpha value is -4.00. The molecule has 1 amide bonds. The summed E-state index contributed by atoms with van der Waals surface area (Å²) in [6.45, 7) is 13.7. The number of rotatable bonds is 17. The molecule has 0 saturated carbocycles. The molecular formula is C41H51BrF2N4O5. The molecule has 286 valence electrons. The van der Waals surface area contributed by atoms with Crippen molar-refractivity contribution in [3.05, 3.63) is 88.2 Å². The standard InChI is InChI=1S/C41H51F2N4O5.BrH/c1-4-45(32-23-30(42)22-31(43)24-32)41(49)38-29-46(33-25-35(50-3)27-36(26-33)51-5-2)39-28-34(12-13-37(39)40(38)48)52-21-11-9-7-6-8-10-17-47-18-14-44(15-19-47)16-20-47;/h12-13,22-29H,4-11,14-21H2,1-3H3;1H/q+1;/p-1. The fourth-order valence-electron chi connectivity index (χ4n) is 7.62. The number of methoxy groups -OCH3 is 1. The zero-order valence-corrected chi connectivity index (χ0v) is 32.6. The second kappa shape index (κ2) is 18.4. The minimum atomic E-state index is -0.821. The van der Waals surface area contributed by atoms with Crippen molar-refractivity contribution in [1.29, 1.82) is 0 Å². The van der Waals surface area contributed by atoms with Crippen LogP contribution in [0, 0.1) is 11.6 Å². The van der Waals surface area contributed by atoms with E-state index in [0.717, 1.165) is 31.0 Å². The van der Waals surface area contributed by atoms with Gasteiger partial charge in [0.2, 0.25) is 5.43 Å². The highest BCUT2D eigenvalue weighted by molar-refractivity contribution is 6.07. The van der Waals surface area contributed by atoms with E-state index in [9.17, 15) is 18.4 Å². The molecule has 3 saturated heterocycles. The number of piperazine rings is 3. The molecule has 0 unspecified atom stereocenters. The fraction of sp³-hybridized carbons (Fsp3) is 0.463. The molecule has 3 fully saturated rings. The minimum absolute atomic E-state index is 0. The number of pyridine rings is 1. The monoisotopic (exact) mass is 796 g/mol. The summed E-state index contributed by atoms with van der Waals surface area (Å²) in [7, 11) is 1.55. The largest absolute Gasteiger partial charge is 1.00 e. The van der Waals surface area contributed by atoms with Crippen LogP contribution in [0.25, 0.3) is 16.6 Å². The van der Waals surface area contributed by atoms with Crippen LogP contribution in [-0.4, -0.2) is 92.5 Å². The van der Waals surface area contributed by atoms with E-state index in [-0.39, 0.29) is 40.2 Å². The summed E-state index contributed by atoms with van der Waals surface area (Å²) in [6.07, 6.45) is 8.49. The van der Waals surface area contributed by atoms with Gasteiger partial charge in [-0.1, -0.05) is 19.3 Å². The maximum Gasteiger partial charge on any atom is 0.263 e. The normalized spacial score (nSPS) is 17.7. The van der Waals surface area contributed by atoms with Crippen molar-refractivity contribution >= 4 is 22.5 Å². The number of carbonyl (C=O) groups is 1. The molecule has 0 spiro atoms. The lowest BCUT2D eigenvalue weighted by Gasteiger charge is -2.50. The third kappa shape index (κ3) is 9.57. The SMILES string of the molecule is CCOc1cc(OC)cc(-n2cc(C(=O)N(CC)c3cc(F)cc(F)c3)c(=O)c3ccc(OCCCCCCCC[N+]45CCN(CC4)CC5)cc32)c1.[Br-]. The molecule has 0 radical (unpaired) electrons. The maximum atomic E-state index is 14.2. The predicted molar refractivity (Wildman–Crippen MR) is 200 cm³/mol. The lowest BCUT2D eigenvalue weighted by atomic mass is 10.1. The van der Waals surface area contributed by atoms with Crippen molar-refractivity contribution in [3.63, 3.8) is 0 Å². The Morgan fingerprint density at radius 3 is 2.13 bits per heavy atom. The van der Waals surface area contributed by atoms with E-state index in [0.29, 0.717) is 41.7 Å². The molecule has 3 aliphatic heterocycles. The molecule has 1 aromatic heterocycles. The number of ether oxygens (including phenoxy) is 3. The molecule has 4 heterocycles. The number of unbranched alkanes of at least 4 members (excludes halogenated alkanes) is 5. The van der Waals surface area contributed by atoms with Gasteiger partial charge in [-0.15, -0.1) is 0 Å². The van der Waals surface area contributed by atoms with E-state index in [1.807, 2.05) is 6.92 Å². The molecule has 0 aliphatic carbocycles. The third-order valence-electron chi connectivity index (χ3n) is 10.6. The molecule has 53 heavy (non-hydrogen) atoms. The van der Waals surface area contributed by atoms with Gasteiger partial charge in [-0.2, -0.15) is 0 Å². The van der Waals surface area contributed by atoms with Gasteiger partial charge in [-0.3, -0.25) is 14.5 Å². The number of anilines is 1. The first-order valence-electron chi connectivity index (χ1n) is 18.7. The van der Waals surface area contributed by atoms with E-state index < -0.39 is 23.0 Å². The predicted octanol–water partition coefficient (Wildman–Crippen LogP) is 4.21. The van der Waals surface area contributed by atoms with E-state index in [1.54, 1.807) is 55.0 Å². The van der Waals surface area contributed by atoms with Gasteiger partial charge < -0.3 is 45.1 Å². The summed E-state index contributed by atoms with van der Waals surface area (Å²) in [5, 5.41) is 0.289. The summed E-state index contributed by atoms with van der Waals surface area (Å²) in [5.41, 5.74) is 0.473. The molecule has 2 bridgehead atoms. The molecule has 4 aromatic rings. The molecule has 3 aromatic carbocycles. The summed E-state index contributed by atoms with van der Waals surface area (Å²) in [6, 6.07) is 13.4. The molecule has 0 atom stereocenters. The Labute approximate surface area is 321 Å². The van der Waals surface area contributed by atoms with Crippen LogP contribution in [0.2, 0.25) is 0 Å². The van der Waals surface area contributed by atoms with Crippen molar-refractivity contribution in [2.75, 3.05) is 77.6 Å². The van der Waals surface area contributed by atoms with Crippen molar-refractivity contribution in [1.82, 2.24) is 9.47 Å². The Bertz CT molecular complexity index is 1900. The van der Waals surface area contributed by atoms with Gasteiger partial charge in [-0.05, 0) is 57.4 Å². The number of benzene rings is 3. The molecule has 0 N–H and O–H groups in total. The average molecular weight is 798 g/mol. The van der Waals surface area contributed by atoms with Crippen molar-refractivity contribution in [3.8, 4) is 22.9 Å². The van der Waals surface area contributed by atoms with Crippen LogP contribution in [0.5, 0.6) is 17.2 Å². The minimum Gasteiger partial charge on any atom is -1.00 e. The van der Waals surface area contributed by atoms with Crippen LogP contribution in [0.15, 0.2) is 65.6 Å².